The Bertz CT molecular complexity index is 602. The van der Waals surface area contributed by atoms with Crippen molar-refractivity contribution >= 4 is 29.1 Å². The molecule has 1 heterocycles. The lowest BCUT2D eigenvalue weighted by Crippen LogP contribution is -2.08. The first-order chi connectivity index (χ1) is 8.88. The number of nitrogen functional groups attached to an aromatic ring is 1. The molecule has 100 valence electrons. The monoisotopic (exact) mass is 304 g/mol. The van der Waals surface area contributed by atoms with Gasteiger partial charge in [0.05, 0.1) is 16.9 Å². The van der Waals surface area contributed by atoms with E-state index >= 15 is 0 Å². The Kier molecular flexibility index (Phi) is 3.91. The van der Waals surface area contributed by atoms with Crippen LogP contribution in [0.5, 0.6) is 0 Å². The van der Waals surface area contributed by atoms with Gasteiger partial charge in [-0.1, -0.05) is 35.5 Å². The van der Waals surface area contributed by atoms with E-state index in [1.54, 1.807) is 24.3 Å². The molecule has 0 saturated carbocycles. The van der Waals surface area contributed by atoms with Gasteiger partial charge in [0.15, 0.2) is 0 Å². The van der Waals surface area contributed by atoms with E-state index in [1.807, 2.05) is 0 Å². The van der Waals surface area contributed by atoms with Gasteiger partial charge in [-0.05, 0) is 18.2 Å². The van der Waals surface area contributed by atoms with E-state index in [-0.39, 0.29) is 10.6 Å². The third kappa shape index (κ3) is 3.33. The molecule has 2 rings (SSSR count). The summed E-state index contributed by atoms with van der Waals surface area (Å²) in [7, 11) is 0. The van der Waals surface area contributed by atoms with Crippen molar-refractivity contribution in [2.45, 2.75) is 16.0 Å². The number of hydrogen-bond donors (Lipinski definition) is 1. The lowest BCUT2D eigenvalue weighted by molar-refractivity contribution is -0.141. The summed E-state index contributed by atoms with van der Waals surface area (Å²) in [6.45, 7) is 0. The predicted octanol–water partition coefficient (Wildman–Crippen LogP) is 4.49. The number of nitrogens with two attached hydrogens (primary N) is 1. The van der Waals surface area contributed by atoms with Crippen LogP contribution in [0, 0.1) is 0 Å². The number of hydrogen-bond acceptors (Lipinski definition) is 3. The molecule has 0 aliphatic carbocycles. The van der Waals surface area contributed by atoms with E-state index in [4.69, 9.17) is 17.3 Å². The third-order valence-corrected chi connectivity index (χ3v) is 3.83. The molecule has 1 aromatic heterocycles. The lowest BCUT2D eigenvalue weighted by atomic mass is 10.3. The molecule has 0 aliphatic heterocycles. The van der Waals surface area contributed by atoms with Crippen LogP contribution in [-0.2, 0) is 6.18 Å². The van der Waals surface area contributed by atoms with E-state index in [2.05, 4.69) is 4.98 Å². The predicted molar refractivity (Wildman–Crippen MR) is 69.2 cm³/mol. The van der Waals surface area contributed by atoms with Crippen molar-refractivity contribution in [1.29, 1.82) is 0 Å². The van der Waals surface area contributed by atoms with E-state index in [0.29, 0.717) is 9.92 Å². The van der Waals surface area contributed by atoms with Gasteiger partial charge in [0, 0.05) is 9.79 Å². The Labute approximate surface area is 116 Å². The number of alkyl halides is 3. The minimum absolute atomic E-state index is 0.179. The summed E-state index contributed by atoms with van der Waals surface area (Å²) in [5, 5.41) is 0.456. The SMILES string of the molecule is Nc1cnc(C(F)(F)F)cc1Sc1ccccc1Cl. The number of benzene rings is 1. The molecule has 0 aliphatic rings. The standard InChI is InChI=1S/C12H8ClF3N2S/c13-7-3-1-2-4-9(7)19-10-5-11(12(14,15)16)18-6-8(10)17/h1-6H,17H2. The number of aromatic nitrogens is 1. The molecule has 2 aromatic rings. The van der Waals surface area contributed by atoms with Crippen molar-refractivity contribution in [3.63, 3.8) is 0 Å². The Balaban J connectivity index is 2.38. The molecule has 2 nitrogen and oxygen atoms in total. The highest BCUT2D eigenvalue weighted by molar-refractivity contribution is 7.99. The second-order valence-corrected chi connectivity index (χ2v) is 5.13. The molecule has 0 fully saturated rings. The average molecular weight is 305 g/mol. The Hall–Kier alpha value is -1.40. The second kappa shape index (κ2) is 5.30. The van der Waals surface area contributed by atoms with Crippen LogP contribution in [0.15, 0.2) is 46.3 Å². The van der Waals surface area contributed by atoms with Gasteiger partial charge in [-0.25, -0.2) is 4.98 Å². The molecular weight excluding hydrogens is 297 g/mol. The summed E-state index contributed by atoms with van der Waals surface area (Å²) in [6, 6.07) is 7.77. The van der Waals surface area contributed by atoms with Crippen LogP contribution in [0.2, 0.25) is 5.02 Å². The summed E-state index contributed by atoms with van der Waals surface area (Å²) < 4.78 is 37.7. The topological polar surface area (TPSA) is 38.9 Å². The van der Waals surface area contributed by atoms with E-state index < -0.39 is 11.9 Å². The molecule has 0 amide bonds. The van der Waals surface area contributed by atoms with Crippen LogP contribution in [0.4, 0.5) is 18.9 Å². The third-order valence-electron chi connectivity index (χ3n) is 2.24. The van der Waals surface area contributed by atoms with Gasteiger partial charge in [0.2, 0.25) is 0 Å². The van der Waals surface area contributed by atoms with Gasteiger partial charge in [-0.2, -0.15) is 13.2 Å². The molecule has 0 spiro atoms. The van der Waals surface area contributed by atoms with Crippen molar-refractivity contribution in [2.24, 2.45) is 0 Å². The van der Waals surface area contributed by atoms with Crippen molar-refractivity contribution in [2.75, 3.05) is 5.73 Å². The first-order valence-electron chi connectivity index (χ1n) is 5.13. The number of halogens is 4. The highest BCUT2D eigenvalue weighted by Crippen LogP contribution is 2.38. The minimum atomic E-state index is -4.50. The largest absolute Gasteiger partial charge is 0.433 e. The van der Waals surface area contributed by atoms with Crippen molar-refractivity contribution in [3.05, 3.63) is 47.2 Å². The summed E-state index contributed by atoms with van der Waals surface area (Å²) >= 11 is 7.03. The number of pyridine rings is 1. The first kappa shape index (κ1) is 14.0. The van der Waals surface area contributed by atoms with E-state index in [1.165, 1.54) is 0 Å². The smallest absolute Gasteiger partial charge is 0.397 e. The van der Waals surface area contributed by atoms with Gasteiger partial charge >= 0.3 is 6.18 Å². The maximum Gasteiger partial charge on any atom is 0.433 e. The fourth-order valence-electron chi connectivity index (χ4n) is 1.34. The van der Waals surface area contributed by atoms with Gasteiger partial charge in [0.1, 0.15) is 5.69 Å². The average Bonchev–Trinajstić information content (AvgIpc) is 2.33. The van der Waals surface area contributed by atoms with E-state index in [0.717, 1.165) is 24.0 Å². The van der Waals surface area contributed by atoms with E-state index in [9.17, 15) is 13.2 Å². The van der Waals surface area contributed by atoms with Gasteiger partial charge in [-0.15, -0.1) is 0 Å². The van der Waals surface area contributed by atoms with Crippen LogP contribution < -0.4 is 5.73 Å². The Morgan fingerprint density at radius 2 is 1.84 bits per heavy atom. The van der Waals surface area contributed by atoms with Crippen LogP contribution in [-0.4, -0.2) is 4.98 Å². The van der Waals surface area contributed by atoms with Gasteiger partial charge in [-0.3, -0.25) is 0 Å². The van der Waals surface area contributed by atoms with Gasteiger partial charge in [0.25, 0.3) is 0 Å². The van der Waals surface area contributed by atoms with Crippen molar-refractivity contribution in [1.82, 2.24) is 4.98 Å². The Morgan fingerprint density at radius 3 is 2.47 bits per heavy atom. The molecule has 0 saturated heterocycles. The fourth-order valence-corrected chi connectivity index (χ4v) is 2.48. The Morgan fingerprint density at radius 1 is 1.16 bits per heavy atom. The van der Waals surface area contributed by atoms with Crippen molar-refractivity contribution < 1.29 is 13.2 Å². The molecular formula is C12H8ClF3N2S. The normalized spacial score (nSPS) is 11.6. The second-order valence-electron chi connectivity index (χ2n) is 3.64. The quantitative estimate of drug-likeness (QED) is 0.888. The molecule has 19 heavy (non-hydrogen) atoms. The van der Waals surface area contributed by atoms with Crippen LogP contribution in [0.3, 0.4) is 0 Å². The molecule has 7 heteroatoms. The first-order valence-corrected chi connectivity index (χ1v) is 6.32. The van der Waals surface area contributed by atoms with Crippen molar-refractivity contribution in [3.8, 4) is 0 Å². The maximum absolute atomic E-state index is 12.6. The minimum Gasteiger partial charge on any atom is -0.397 e. The van der Waals surface area contributed by atoms with Crippen LogP contribution in [0.25, 0.3) is 0 Å². The molecule has 2 N–H and O–H groups in total. The number of rotatable bonds is 2. The highest BCUT2D eigenvalue weighted by Gasteiger charge is 2.33. The zero-order valence-electron chi connectivity index (χ0n) is 9.41. The zero-order chi connectivity index (χ0) is 14.0. The van der Waals surface area contributed by atoms with Crippen LogP contribution in [0.1, 0.15) is 5.69 Å². The molecule has 0 unspecified atom stereocenters. The molecule has 0 radical (unpaired) electrons. The number of nitrogens with zero attached hydrogens (tertiary/aromatic N) is 1. The van der Waals surface area contributed by atoms with Crippen LogP contribution >= 0.6 is 23.4 Å². The zero-order valence-corrected chi connectivity index (χ0v) is 11.0. The molecule has 1 aromatic carbocycles. The maximum atomic E-state index is 12.6. The number of anilines is 1. The summed E-state index contributed by atoms with van der Waals surface area (Å²) in [5.41, 5.74) is 4.84. The molecule has 0 atom stereocenters. The van der Waals surface area contributed by atoms with Gasteiger partial charge < -0.3 is 5.73 Å². The summed E-state index contributed by atoms with van der Waals surface area (Å²) in [4.78, 5) is 4.19. The lowest BCUT2D eigenvalue weighted by Gasteiger charge is -2.10. The molecule has 0 bridgehead atoms. The summed E-state index contributed by atoms with van der Waals surface area (Å²) in [5.74, 6) is 0. The summed E-state index contributed by atoms with van der Waals surface area (Å²) in [6.07, 6.45) is -3.49. The fraction of sp³-hybridized carbons (Fsp3) is 0.0833. The highest BCUT2D eigenvalue weighted by atomic mass is 35.5.